The van der Waals surface area contributed by atoms with Crippen molar-refractivity contribution < 1.29 is 12.6 Å². The van der Waals surface area contributed by atoms with Crippen molar-refractivity contribution in [3.8, 4) is 5.75 Å². The standard InChI is InChI=1S/C7H11NO3S2/c1-6-7(4-5-12-6)11-13(9,10)8(2)3/h4-5H,1-3H3. The molecule has 0 fully saturated rings. The van der Waals surface area contributed by atoms with Crippen molar-refractivity contribution >= 4 is 21.6 Å². The zero-order valence-electron chi connectivity index (χ0n) is 7.64. The molecule has 0 radical (unpaired) electrons. The normalized spacial score (nSPS) is 12.0. The molecule has 1 aromatic rings. The molecular weight excluding hydrogens is 210 g/mol. The summed E-state index contributed by atoms with van der Waals surface area (Å²) in [6, 6.07) is 1.64. The Morgan fingerprint density at radius 3 is 2.46 bits per heavy atom. The highest BCUT2D eigenvalue weighted by Gasteiger charge is 2.17. The topological polar surface area (TPSA) is 46.6 Å². The second-order valence-corrected chi connectivity index (χ2v) is 5.54. The van der Waals surface area contributed by atoms with Gasteiger partial charge in [-0.15, -0.1) is 11.3 Å². The van der Waals surface area contributed by atoms with Crippen LogP contribution in [-0.4, -0.2) is 26.8 Å². The van der Waals surface area contributed by atoms with E-state index in [2.05, 4.69) is 0 Å². The molecule has 6 heteroatoms. The molecule has 0 aliphatic carbocycles. The molecule has 1 rings (SSSR count). The number of aryl methyl sites for hydroxylation is 1. The van der Waals surface area contributed by atoms with Crippen LogP contribution >= 0.6 is 11.3 Å². The van der Waals surface area contributed by atoms with Crippen molar-refractivity contribution in [1.29, 1.82) is 0 Å². The highest BCUT2D eigenvalue weighted by atomic mass is 32.2. The van der Waals surface area contributed by atoms with Gasteiger partial charge in [-0.1, -0.05) is 0 Å². The van der Waals surface area contributed by atoms with Crippen LogP contribution in [0.4, 0.5) is 0 Å². The first kappa shape index (κ1) is 10.5. The molecule has 0 N–H and O–H groups in total. The van der Waals surface area contributed by atoms with Crippen LogP contribution in [0.2, 0.25) is 0 Å². The van der Waals surface area contributed by atoms with E-state index in [-0.39, 0.29) is 0 Å². The molecule has 74 valence electrons. The molecule has 0 saturated heterocycles. The third kappa shape index (κ3) is 2.43. The Hall–Kier alpha value is -0.590. The molecule has 1 heterocycles. The maximum atomic E-state index is 11.3. The maximum Gasteiger partial charge on any atom is 0.384 e. The lowest BCUT2D eigenvalue weighted by Crippen LogP contribution is -2.27. The van der Waals surface area contributed by atoms with E-state index >= 15 is 0 Å². The largest absolute Gasteiger partial charge is 0.384 e. The Morgan fingerprint density at radius 1 is 1.46 bits per heavy atom. The first-order chi connectivity index (χ1) is 5.93. The third-order valence-corrected chi connectivity index (χ3v) is 3.57. The van der Waals surface area contributed by atoms with E-state index in [1.54, 1.807) is 11.4 Å². The minimum atomic E-state index is -3.60. The molecule has 0 aliphatic rings. The molecule has 0 aliphatic heterocycles. The van der Waals surface area contributed by atoms with E-state index in [1.165, 1.54) is 25.4 Å². The molecule has 0 saturated carbocycles. The van der Waals surface area contributed by atoms with Crippen molar-refractivity contribution in [2.75, 3.05) is 14.1 Å². The van der Waals surface area contributed by atoms with E-state index < -0.39 is 10.3 Å². The minimum absolute atomic E-state index is 0.402. The Morgan fingerprint density at radius 2 is 2.08 bits per heavy atom. The first-order valence-electron chi connectivity index (χ1n) is 3.59. The Bertz CT molecular complexity index is 380. The number of thiophene rings is 1. The van der Waals surface area contributed by atoms with Gasteiger partial charge in [-0.25, -0.2) is 0 Å². The first-order valence-corrected chi connectivity index (χ1v) is 5.84. The van der Waals surface area contributed by atoms with Crippen molar-refractivity contribution in [2.24, 2.45) is 0 Å². The van der Waals surface area contributed by atoms with Crippen molar-refractivity contribution in [3.63, 3.8) is 0 Å². The lowest BCUT2D eigenvalue weighted by molar-refractivity contribution is 0.421. The molecule has 0 aromatic carbocycles. The molecule has 1 aromatic heterocycles. The van der Waals surface area contributed by atoms with Crippen molar-refractivity contribution in [1.82, 2.24) is 4.31 Å². The zero-order valence-corrected chi connectivity index (χ0v) is 9.28. The molecule has 0 spiro atoms. The number of hydrogen-bond donors (Lipinski definition) is 0. The average Bonchev–Trinajstić information content (AvgIpc) is 2.35. The van der Waals surface area contributed by atoms with Crippen LogP contribution in [0.15, 0.2) is 11.4 Å². The molecule has 4 nitrogen and oxygen atoms in total. The smallest absolute Gasteiger partial charge is 0.370 e. The summed E-state index contributed by atoms with van der Waals surface area (Å²) in [5.74, 6) is 0.402. The van der Waals surface area contributed by atoms with Gasteiger partial charge in [-0.2, -0.15) is 12.7 Å². The second kappa shape index (κ2) is 3.65. The van der Waals surface area contributed by atoms with Crippen LogP contribution in [0, 0.1) is 6.92 Å². The van der Waals surface area contributed by atoms with Gasteiger partial charge in [-0.05, 0) is 18.4 Å². The predicted octanol–water partition coefficient (Wildman–Crippen LogP) is 1.24. The van der Waals surface area contributed by atoms with Gasteiger partial charge in [-0.3, -0.25) is 0 Å². The number of nitrogens with zero attached hydrogens (tertiary/aromatic N) is 1. The lowest BCUT2D eigenvalue weighted by Gasteiger charge is -2.11. The highest BCUT2D eigenvalue weighted by molar-refractivity contribution is 7.84. The van der Waals surface area contributed by atoms with Crippen LogP contribution in [-0.2, 0) is 10.3 Å². The summed E-state index contributed by atoms with van der Waals surface area (Å²) in [5, 5.41) is 1.79. The number of hydrogen-bond acceptors (Lipinski definition) is 4. The summed E-state index contributed by atoms with van der Waals surface area (Å²) in [5.41, 5.74) is 0. The lowest BCUT2D eigenvalue weighted by atomic mass is 10.5. The van der Waals surface area contributed by atoms with Crippen LogP contribution < -0.4 is 4.18 Å². The minimum Gasteiger partial charge on any atom is -0.370 e. The molecule has 0 unspecified atom stereocenters. The van der Waals surface area contributed by atoms with Gasteiger partial charge in [0.2, 0.25) is 0 Å². The Labute approximate surface area is 82.0 Å². The molecule has 0 bridgehead atoms. The van der Waals surface area contributed by atoms with Gasteiger partial charge < -0.3 is 4.18 Å². The summed E-state index contributed by atoms with van der Waals surface area (Å²) >= 11 is 1.45. The zero-order chi connectivity index (χ0) is 10.1. The number of rotatable bonds is 3. The molecular formula is C7H11NO3S2. The second-order valence-electron chi connectivity index (χ2n) is 2.66. The maximum absolute atomic E-state index is 11.3. The van der Waals surface area contributed by atoms with Gasteiger partial charge in [0.25, 0.3) is 0 Å². The van der Waals surface area contributed by atoms with Gasteiger partial charge >= 0.3 is 10.3 Å². The van der Waals surface area contributed by atoms with E-state index in [0.717, 1.165) is 9.18 Å². The van der Waals surface area contributed by atoms with Crippen molar-refractivity contribution in [2.45, 2.75) is 6.92 Å². The van der Waals surface area contributed by atoms with Gasteiger partial charge in [0.1, 0.15) is 0 Å². The Balaban J connectivity index is 2.88. The van der Waals surface area contributed by atoms with E-state index in [4.69, 9.17) is 4.18 Å². The fourth-order valence-corrected chi connectivity index (χ4v) is 1.88. The highest BCUT2D eigenvalue weighted by Crippen LogP contribution is 2.24. The molecule has 0 amide bonds. The van der Waals surface area contributed by atoms with Gasteiger partial charge in [0, 0.05) is 19.0 Å². The monoisotopic (exact) mass is 221 g/mol. The van der Waals surface area contributed by atoms with Gasteiger partial charge in [0.15, 0.2) is 5.75 Å². The van der Waals surface area contributed by atoms with Crippen LogP contribution in [0.1, 0.15) is 4.88 Å². The summed E-state index contributed by atoms with van der Waals surface area (Å²) in [4.78, 5) is 0.852. The fraction of sp³-hybridized carbons (Fsp3) is 0.429. The predicted molar refractivity (Wildman–Crippen MR) is 52.3 cm³/mol. The summed E-state index contributed by atoms with van der Waals surface area (Å²) in [7, 11) is -0.748. The summed E-state index contributed by atoms with van der Waals surface area (Å²) in [6.07, 6.45) is 0. The molecule has 13 heavy (non-hydrogen) atoms. The summed E-state index contributed by atoms with van der Waals surface area (Å²) < 4.78 is 28.4. The summed E-state index contributed by atoms with van der Waals surface area (Å²) in [6.45, 7) is 1.81. The van der Waals surface area contributed by atoms with Crippen molar-refractivity contribution in [3.05, 3.63) is 16.3 Å². The van der Waals surface area contributed by atoms with E-state index in [1.807, 2.05) is 6.92 Å². The van der Waals surface area contributed by atoms with Gasteiger partial charge in [0.05, 0.1) is 0 Å². The third-order valence-electron chi connectivity index (χ3n) is 1.45. The SMILES string of the molecule is Cc1sccc1OS(=O)(=O)N(C)C. The average molecular weight is 221 g/mol. The van der Waals surface area contributed by atoms with E-state index in [9.17, 15) is 8.42 Å². The van der Waals surface area contributed by atoms with E-state index in [0.29, 0.717) is 5.75 Å². The van der Waals surface area contributed by atoms with Crippen LogP contribution in [0.5, 0.6) is 5.75 Å². The Kier molecular flexibility index (Phi) is 2.94. The van der Waals surface area contributed by atoms with Crippen LogP contribution in [0.3, 0.4) is 0 Å². The quantitative estimate of drug-likeness (QED) is 0.771. The fourth-order valence-electron chi connectivity index (χ4n) is 0.648. The molecule has 0 atom stereocenters. The van der Waals surface area contributed by atoms with Crippen LogP contribution in [0.25, 0.3) is 0 Å².